The van der Waals surface area contributed by atoms with Crippen LogP contribution >= 0.6 is 0 Å². The van der Waals surface area contributed by atoms with Gasteiger partial charge < -0.3 is 25.1 Å². The van der Waals surface area contributed by atoms with Gasteiger partial charge in [0.2, 0.25) is 5.91 Å². The maximum absolute atomic E-state index is 13.6. The van der Waals surface area contributed by atoms with Crippen LogP contribution in [0.5, 0.6) is 5.75 Å². The van der Waals surface area contributed by atoms with Crippen molar-refractivity contribution in [2.24, 2.45) is 10.7 Å². The van der Waals surface area contributed by atoms with E-state index in [0.29, 0.717) is 41.3 Å². The van der Waals surface area contributed by atoms with Gasteiger partial charge in [-0.05, 0) is 31.1 Å². The summed E-state index contributed by atoms with van der Waals surface area (Å²) in [6, 6.07) is 4.34. The molecule has 5 rings (SSSR count). The highest BCUT2D eigenvalue weighted by molar-refractivity contribution is 5.97. The summed E-state index contributed by atoms with van der Waals surface area (Å²) in [6.45, 7) is 4.68. The van der Waals surface area contributed by atoms with E-state index in [4.69, 9.17) is 14.9 Å². The Morgan fingerprint density at radius 1 is 1.41 bits per heavy atom. The zero-order valence-corrected chi connectivity index (χ0v) is 18.7. The van der Waals surface area contributed by atoms with Gasteiger partial charge >= 0.3 is 6.01 Å². The van der Waals surface area contributed by atoms with E-state index in [0.717, 1.165) is 12.8 Å². The van der Waals surface area contributed by atoms with Crippen molar-refractivity contribution >= 4 is 35.3 Å². The van der Waals surface area contributed by atoms with Gasteiger partial charge in [-0.25, -0.2) is 10.4 Å². The highest BCUT2D eigenvalue weighted by atomic mass is 16.5. The van der Waals surface area contributed by atoms with E-state index >= 15 is 0 Å². The number of rotatable bonds is 5. The highest BCUT2D eigenvalue weighted by Gasteiger charge is 2.47. The van der Waals surface area contributed by atoms with Crippen LogP contribution in [0.25, 0.3) is 11.1 Å². The number of aromatic nitrogens is 1. The van der Waals surface area contributed by atoms with Crippen molar-refractivity contribution in [3.05, 3.63) is 42.2 Å². The summed E-state index contributed by atoms with van der Waals surface area (Å²) in [6.07, 6.45) is 3.90. The predicted molar refractivity (Wildman–Crippen MR) is 124 cm³/mol. The van der Waals surface area contributed by atoms with Crippen molar-refractivity contribution < 1.29 is 18.7 Å². The molecule has 1 aromatic heterocycles. The first-order valence-electron chi connectivity index (χ1n) is 11.0. The summed E-state index contributed by atoms with van der Waals surface area (Å²) in [5, 5.41) is 7.49. The minimum atomic E-state index is -0.789. The minimum Gasteiger partial charge on any atom is -0.497 e. The minimum absolute atomic E-state index is 0.0650. The zero-order chi connectivity index (χ0) is 23.8. The van der Waals surface area contributed by atoms with Crippen molar-refractivity contribution in [1.82, 2.24) is 25.6 Å². The third kappa shape index (κ3) is 3.86. The van der Waals surface area contributed by atoms with E-state index < -0.39 is 12.2 Å². The van der Waals surface area contributed by atoms with E-state index in [-0.39, 0.29) is 23.9 Å². The summed E-state index contributed by atoms with van der Waals surface area (Å²) in [5.74, 6) is 0.472. The monoisotopic (exact) mass is 466 g/mol. The molecule has 3 aliphatic heterocycles. The molecule has 2 aromatic rings. The Labute approximate surface area is 195 Å². The maximum Gasteiger partial charge on any atom is 0.302 e. The van der Waals surface area contributed by atoms with E-state index in [1.54, 1.807) is 30.2 Å². The number of ether oxygens (including phenoxy) is 1. The Morgan fingerprint density at radius 3 is 3.06 bits per heavy atom. The van der Waals surface area contributed by atoms with Gasteiger partial charge in [-0.1, -0.05) is 6.58 Å². The molecule has 2 amide bonds. The predicted octanol–water partition coefficient (Wildman–Crippen LogP) is 0.269. The van der Waals surface area contributed by atoms with E-state index in [9.17, 15) is 9.59 Å². The number of fused-ring (bicyclic) bond motifs is 2. The number of anilines is 1. The van der Waals surface area contributed by atoms with Crippen molar-refractivity contribution in [1.29, 1.82) is 0 Å². The second kappa shape index (κ2) is 8.80. The number of likely N-dealkylation sites (tertiary alicyclic amines) is 1. The second-order valence-corrected chi connectivity index (χ2v) is 8.26. The second-order valence-electron chi connectivity index (χ2n) is 8.26. The lowest BCUT2D eigenvalue weighted by Crippen LogP contribution is -2.57. The Balaban J connectivity index is 1.43. The quantitative estimate of drug-likeness (QED) is 0.455. The summed E-state index contributed by atoms with van der Waals surface area (Å²) in [7, 11) is 1.57. The number of oxazole rings is 1. The maximum atomic E-state index is 13.6. The van der Waals surface area contributed by atoms with Gasteiger partial charge in [0.25, 0.3) is 5.91 Å². The SMILES string of the molecule is C=CC(=O)N1CCCC(N2N[C@H]3N=CNC(N)=C3C2C(=O)Nc2nc3cc(OC)ccc3o2)C1. The molecule has 34 heavy (non-hydrogen) atoms. The number of piperidine rings is 1. The van der Waals surface area contributed by atoms with Crippen LogP contribution in [0.4, 0.5) is 6.01 Å². The van der Waals surface area contributed by atoms with Crippen molar-refractivity contribution in [2.45, 2.75) is 31.1 Å². The van der Waals surface area contributed by atoms with Gasteiger partial charge in [0.05, 0.1) is 13.4 Å². The molecule has 0 radical (unpaired) electrons. The van der Waals surface area contributed by atoms with Gasteiger partial charge in [0.15, 0.2) is 5.58 Å². The van der Waals surface area contributed by atoms with Gasteiger partial charge in [-0.15, -0.1) is 0 Å². The Bertz CT molecular complexity index is 1200. The largest absolute Gasteiger partial charge is 0.497 e. The molecule has 1 aromatic carbocycles. The Morgan fingerprint density at radius 2 is 2.26 bits per heavy atom. The van der Waals surface area contributed by atoms with Crippen LogP contribution in [-0.4, -0.2) is 71.5 Å². The number of nitrogens with one attached hydrogen (secondary N) is 3. The number of methoxy groups -OCH3 is 1. The molecule has 0 aliphatic carbocycles. The van der Waals surface area contributed by atoms with Crippen LogP contribution in [0, 0.1) is 0 Å². The van der Waals surface area contributed by atoms with Crippen molar-refractivity contribution in [2.75, 3.05) is 25.5 Å². The number of nitrogens with two attached hydrogens (primary N) is 1. The molecule has 2 saturated heterocycles. The third-order valence-electron chi connectivity index (χ3n) is 6.24. The standard InChI is InChI=1S/C22H26N8O4/c1-3-16(31)29-8-4-5-12(10-29)30-18(17-19(23)24-11-25-20(17)28-30)21(32)27-22-26-14-9-13(33-2)6-7-15(14)34-22/h3,6-7,9,11-12,18,20,28H,1,4-5,8,10,23H2,2H3,(H,24,25)(H,26,27,32)/t12?,18?,20-/m1/s1. The van der Waals surface area contributed by atoms with Gasteiger partial charge in [-0.2, -0.15) is 4.98 Å². The first-order valence-corrected chi connectivity index (χ1v) is 11.0. The van der Waals surface area contributed by atoms with Crippen LogP contribution in [0.3, 0.4) is 0 Å². The zero-order valence-electron chi connectivity index (χ0n) is 18.7. The van der Waals surface area contributed by atoms with Crippen LogP contribution in [0.1, 0.15) is 12.8 Å². The normalized spacial score (nSPS) is 24.6. The summed E-state index contributed by atoms with van der Waals surface area (Å²) in [4.78, 5) is 36.3. The van der Waals surface area contributed by atoms with Gasteiger partial charge in [0.1, 0.15) is 29.3 Å². The molecular weight excluding hydrogens is 440 g/mol. The molecule has 3 atom stereocenters. The fraction of sp³-hybridized carbons (Fsp3) is 0.364. The first-order chi connectivity index (χ1) is 16.5. The summed E-state index contributed by atoms with van der Waals surface area (Å²) < 4.78 is 10.9. The average Bonchev–Trinajstić information content (AvgIpc) is 3.44. The number of hydrogen-bond acceptors (Lipinski definition) is 10. The van der Waals surface area contributed by atoms with Gasteiger partial charge in [0, 0.05) is 30.8 Å². The molecule has 4 heterocycles. The molecule has 178 valence electrons. The lowest BCUT2D eigenvalue weighted by molar-refractivity contribution is -0.129. The molecule has 2 fully saturated rings. The molecule has 0 bridgehead atoms. The fourth-order valence-corrected chi connectivity index (χ4v) is 4.61. The van der Waals surface area contributed by atoms with E-state index in [2.05, 4.69) is 32.6 Å². The Kier molecular flexibility index (Phi) is 5.67. The first kappa shape index (κ1) is 21.9. The molecule has 5 N–H and O–H groups in total. The van der Waals surface area contributed by atoms with Crippen molar-refractivity contribution in [3.8, 4) is 5.75 Å². The van der Waals surface area contributed by atoms with Crippen LogP contribution in [0.15, 0.2) is 51.7 Å². The number of hydrogen-bond donors (Lipinski definition) is 4. The number of benzene rings is 1. The highest BCUT2D eigenvalue weighted by Crippen LogP contribution is 2.31. The molecule has 0 spiro atoms. The van der Waals surface area contributed by atoms with Gasteiger partial charge in [-0.3, -0.25) is 19.9 Å². The number of hydrazine groups is 1. The van der Waals surface area contributed by atoms with Crippen LogP contribution in [0.2, 0.25) is 0 Å². The molecular formula is C22H26N8O4. The number of amides is 2. The van der Waals surface area contributed by atoms with Crippen LogP contribution in [-0.2, 0) is 9.59 Å². The Hall–Kier alpha value is -3.90. The average molecular weight is 467 g/mol. The summed E-state index contributed by atoms with van der Waals surface area (Å²) in [5.41, 5.74) is 11.2. The van der Waals surface area contributed by atoms with E-state index in [1.165, 1.54) is 12.4 Å². The molecule has 12 nitrogen and oxygen atoms in total. The van der Waals surface area contributed by atoms with Crippen LogP contribution < -0.4 is 26.5 Å². The molecule has 3 aliphatic rings. The van der Waals surface area contributed by atoms with Crippen molar-refractivity contribution in [3.63, 3.8) is 0 Å². The number of carbonyl (C=O) groups is 2. The van der Waals surface area contributed by atoms with E-state index in [1.807, 2.05) is 5.01 Å². The summed E-state index contributed by atoms with van der Waals surface area (Å²) >= 11 is 0. The smallest absolute Gasteiger partial charge is 0.302 e. The number of nitrogens with zero attached hydrogens (tertiary/aromatic N) is 4. The number of aliphatic imine (C=N–C) groups is 1. The number of carbonyl (C=O) groups excluding carboxylic acids is 2. The third-order valence-corrected chi connectivity index (χ3v) is 6.24. The lowest BCUT2D eigenvalue weighted by atomic mass is 10.00. The molecule has 2 unspecified atom stereocenters. The fourth-order valence-electron chi connectivity index (χ4n) is 4.61. The molecule has 0 saturated carbocycles. The lowest BCUT2D eigenvalue weighted by Gasteiger charge is -2.38. The molecule has 12 heteroatoms. The topological polar surface area (TPSA) is 150 Å².